The summed E-state index contributed by atoms with van der Waals surface area (Å²) in [6.45, 7) is 4.82. The van der Waals surface area contributed by atoms with Gasteiger partial charge in [0.15, 0.2) is 0 Å². The minimum atomic E-state index is -3.56. The molecule has 0 saturated carbocycles. The molecule has 7 heteroatoms. The maximum Gasteiger partial charge on any atom is 0.240 e. The molecule has 1 rings (SSSR count). The monoisotopic (exact) mass is 396 g/mol. The summed E-state index contributed by atoms with van der Waals surface area (Å²) in [5.74, 6) is 0.412. The molecule has 0 heterocycles. The zero-order valence-corrected chi connectivity index (χ0v) is 15.9. The second-order valence-electron chi connectivity index (χ2n) is 5.79. The van der Waals surface area contributed by atoms with Crippen molar-refractivity contribution in [2.75, 3.05) is 20.6 Å². The normalized spacial score (nSPS) is 13.9. The number of nitrogens with zero attached hydrogens (tertiary/aromatic N) is 1. The van der Waals surface area contributed by atoms with Crippen LogP contribution in [0.1, 0.15) is 20.3 Å². The van der Waals surface area contributed by atoms with Gasteiger partial charge in [0.2, 0.25) is 10.0 Å². The molecule has 0 fully saturated rings. The summed E-state index contributed by atoms with van der Waals surface area (Å²) in [6, 6.07) is 4.48. The molecule has 0 bridgehead atoms. The molecule has 0 aliphatic rings. The molecule has 1 unspecified atom stereocenters. The molecule has 0 amide bonds. The van der Waals surface area contributed by atoms with Crippen LogP contribution in [-0.4, -0.2) is 40.0 Å². The van der Waals surface area contributed by atoms with Crippen molar-refractivity contribution in [3.63, 3.8) is 0 Å². The molecule has 0 spiro atoms. The summed E-state index contributed by atoms with van der Waals surface area (Å²) in [5.41, 5.74) is 0. The highest BCUT2D eigenvalue weighted by Gasteiger charge is 2.22. The van der Waals surface area contributed by atoms with Crippen molar-refractivity contribution < 1.29 is 8.42 Å². The first-order valence-corrected chi connectivity index (χ1v) is 9.39. The molecule has 1 atom stereocenters. The van der Waals surface area contributed by atoms with Crippen molar-refractivity contribution in [1.29, 1.82) is 0 Å². The Kier molecular flexibility index (Phi) is 7.13. The Balaban J connectivity index is 2.96. The van der Waals surface area contributed by atoms with Gasteiger partial charge in [-0.2, -0.15) is 0 Å². The number of hydrogen-bond donors (Lipinski definition) is 1. The molecule has 0 aliphatic heterocycles. The summed E-state index contributed by atoms with van der Waals surface area (Å²) in [7, 11) is 0.307. The third-order valence-corrected chi connectivity index (χ3v) is 5.60. The third-order valence-electron chi connectivity index (χ3n) is 2.86. The summed E-state index contributed by atoms with van der Waals surface area (Å²) >= 11 is 9.16. The fourth-order valence-electron chi connectivity index (χ4n) is 2.10. The van der Waals surface area contributed by atoms with Gasteiger partial charge in [-0.25, -0.2) is 13.1 Å². The second-order valence-corrected chi connectivity index (χ2v) is 8.76. The van der Waals surface area contributed by atoms with Crippen molar-refractivity contribution >= 4 is 37.6 Å². The first kappa shape index (κ1) is 18.9. The molecule has 0 aliphatic carbocycles. The third kappa shape index (κ3) is 6.24. The zero-order chi connectivity index (χ0) is 16.2. The van der Waals surface area contributed by atoms with E-state index in [0.717, 1.165) is 6.42 Å². The average molecular weight is 398 g/mol. The van der Waals surface area contributed by atoms with Crippen LogP contribution >= 0.6 is 27.5 Å². The van der Waals surface area contributed by atoms with E-state index < -0.39 is 10.0 Å². The smallest absolute Gasteiger partial charge is 0.240 e. The van der Waals surface area contributed by atoms with Gasteiger partial charge in [0.1, 0.15) is 0 Å². The number of benzene rings is 1. The molecule has 120 valence electrons. The fraction of sp³-hybridized carbons (Fsp3) is 0.571. The minimum absolute atomic E-state index is 0.126. The quantitative estimate of drug-likeness (QED) is 0.767. The van der Waals surface area contributed by atoms with Crippen molar-refractivity contribution in [1.82, 2.24) is 9.62 Å². The number of nitrogens with one attached hydrogen (secondary N) is 1. The Morgan fingerprint density at radius 1 is 1.33 bits per heavy atom. The first-order valence-electron chi connectivity index (χ1n) is 6.74. The largest absolute Gasteiger partial charge is 0.308 e. The van der Waals surface area contributed by atoms with Crippen LogP contribution in [0.3, 0.4) is 0 Å². The highest BCUT2D eigenvalue weighted by Crippen LogP contribution is 2.25. The van der Waals surface area contributed by atoms with Gasteiger partial charge in [-0.1, -0.05) is 25.4 Å². The molecule has 21 heavy (non-hydrogen) atoms. The Bertz CT molecular complexity index is 566. The lowest BCUT2D eigenvalue weighted by atomic mass is 10.0. The van der Waals surface area contributed by atoms with E-state index in [1.165, 1.54) is 12.1 Å². The lowest BCUT2D eigenvalue weighted by molar-refractivity contribution is 0.329. The summed E-state index contributed by atoms with van der Waals surface area (Å²) in [6.07, 6.45) is 0.784. The van der Waals surface area contributed by atoms with Crippen molar-refractivity contribution in [2.24, 2.45) is 5.92 Å². The number of rotatable bonds is 7. The standard InChI is InChI=1S/C14H22BrClN2O2S/c1-10(2)7-11(9-18(3)4)17-21(19,20)12-5-6-14(16)13(15)8-12/h5-6,8,10-11,17H,7,9H2,1-4H3. The van der Waals surface area contributed by atoms with E-state index in [1.807, 2.05) is 19.0 Å². The Labute approximate surface area is 141 Å². The molecule has 1 N–H and O–H groups in total. The topological polar surface area (TPSA) is 49.4 Å². The van der Waals surface area contributed by atoms with Crippen molar-refractivity contribution in [2.45, 2.75) is 31.2 Å². The van der Waals surface area contributed by atoms with Gasteiger partial charge in [0.05, 0.1) is 9.92 Å². The van der Waals surface area contributed by atoms with Crippen LogP contribution in [0.2, 0.25) is 5.02 Å². The van der Waals surface area contributed by atoms with E-state index >= 15 is 0 Å². The van der Waals surface area contributed by atoms with Crippen molar-refractivity contribution in [3.8, 4) is 0 Å². The van der Waals surface area contributed by atoms with Crippen LogP contribution in [0.5, 0.6) is 0 Å². The molecule has 0 saturated heterocycles. The lowest BCUT2D eigenvalue weighted by Gasteiger charge is -2.24. The SMILES string of the molecule is CC(C)CC(CN(C)C)NS(=O)(=O)c1ccc(Cl)c(Br)c1. The van der Waals surface area contributed by atoms with Crippen LogP contribution in [0.15, 0.2) is 27.6 Å². The zero-order valence-electron chi connectivity index (χ0n) is 12.7. The number of halogens is 2. The minimum Gasteiger partial charge on any atom is -0.308 e. The van der Waals surface area contributed by atoms with E-state index in [9.17, 15) is 8.42 Å². The van der Waals surface area contributed by atoms with Gasteiger partial charge in [-0.05, 0) is 60.6 Å². The van der Waals surface area contributed by atoms with Crippen LogP contribution in [0.4, 0.5) is 0 Å². The molecule has 4 nitrogen and oxygen atoms in total. The molecule has 0 aromatic heterocycles. The van der Waals surface area contributed by atoms with Crippen LogP contribution in [0, 0.1) is 5.92 Å². The first-order chi connectivity index (χ1) is 9.61. The van der Waals surface area contributed by atoms with Crippen LogP contribution in [0.25, 0.3) is 0 Å². The maximum atomic E-state index is 12.5. The summed E-state index contributed by atoms with van der Waals surface area (Å²) < 4.78 is 28.3. The molecular formula is C14H22BrClN2O2S. The Hall–Kier alpha value is -0.140. The van der Waals surface area contributed by atoms with E-state index in [2.05, 4.69) is 34.5 Å². The predicted molar refractivity (Wildman–Crippen MR) is 91.3 cm³/mol. The van der Waals surface area contributed by atoms with Gasteiger partial charge in [0.25, 0.3) is 0 Å². The molecule has 1 aromatic rings. The average Bonchev–Trinajstić information content (AvgIpc) is 2.29. The Morgan fingerprint density at radius 3 is 2.43 bits per heavy atom. The number of hydrogen-bond acceptors (Lipinski definition) is 3. The van der Waals surface area contributed by atoms with E-state index in [4.69, 9.17) is 11.6 Å². The van der Waals surface area contributed by atoms with Crippen LogP contribution in [-0.2, 0) is 10.0 Å². The van der Waals surface area contributed by atoms with E-state index in [1.54, 1.807) is 6.07 Å². The van der Waals surface area contributed by atoms with Crippen LogP contribution < -0.4 is 4.72 Å². The van der Waals surface area contributed by atoms with E-state index in [0.29, 0.717) is 22.0 Å². The highest BCUT2D eigenvalue weighted by molar-refractivity contribution is 9.10. The molecule has 1 aromatic carbocycles. The predicted octanol–water partition coefficient (Wildman–Crippen LogP) is 3.36. The second kappa shape index (κ2) is 7.92. The summed E-state index contributed by atoms with van der Waals surface area (Å²) in [5, 5.41) is 0.487. The highest BCUT2D eigenvalue weighted by atomic mass is 79.9. The number of sulfonamides is 1. The summed E-state index contributed by atoms with van der Waals surface area (Å²) in [4.78, 5) is 2.19. The molecule has 0 radical (unpaired) electrons. The maximum absolute atomic E-state index is 12.5. The van der Waals surface area contributed by atoms with Crippen molar-refractivity contribution in [3.05, 3.63) is 27.7 Å². The van der Waals surface area contributed by atoms with Gasteiger partial charge in [-0.3, -0.25) is 0 Å². The van der Waals surface area contributed by atoms with Gasteiger partial charge < -0.3 is 4.90 Å². The lowest BCUT2D eigenvalue weighted by Crippen LogP contribution is -2.42. The van der Waals surface area contributed by atoms with Gasteiger partial charge in [0, 0.05) is 17.1 Å². The van der Waals surface area contributed by atoms with Gasteiger partial charge >= 0.3 is 0 Å². The molecular weight excluding hydrogens is 376 g/mol. The number of likely N-dealkylation sites (N-methyl/N-ethyl adjacent to an activating group) is 1. The van der Waals surface area contributed by atoms with Gasteiger partial charge in [-0.15, -0.1) is 0 Å². The Morgan fingerprint density at radius 2 is 1.95 bits per heavy atom. The van der Waals surface area contributed by atoms with E-state index in [-0.39, 0.29) is 10.9 Å². The fourth-order valence-corrected chi connectivity index (χ4v) is 4.01.